The van der Waals surface area contributed by atoms with Crippen LogP contribution in [-0.4, -0.2) is 63.2 Å². The van der Waals surface area contributed by atoms with E-state index in [2.05, 4.69) is 25.3 Å². The minimum Gasteiger partial charge on any atom is -0.468 e. The zero-order chi connectivity index (χ0) is 20.2. The van der Waals surface area contributed by atoms with Gasteiger partial charge in [0.2, 0.25) is 5.88 Å². The van der Waals surface area contributed by atoms with Crippen molar-refractivity contribution >= 4 is 29.9 Å². The van der Waals surface area contributed by atoms with E-state index in [-0.39, 0.29) is 36.0 Å². The van der Waals surface area contributed by atoms with Gasteiger partial charge in [0, 0.05) is 45.6 Å². The Labute approximate surface area is 185 Å². The molecule has 0 saturated carbocycles. The summed E-state index contributed by atoms with van der Waals surface area (Å²) in [5, 5.41) is 6.25. The van der Waals surface area contributed by atoms with E-state index in [4.69, 9.17) is 9.47 Å². The van der Waals surface area contributed by atoms with Gasteiger partial charge < -0.3 is 24.8 Å². The highest BCUT2D eigenvalue weighted by molar-refractivity contribution is 14.0. The van der Waals surface area contributed by atoms with Crippen molar-refractivity contribution in [3.8, 4) is 5.88 Å². The molecule has 7 nitrogen and oxygen atoms in total. The molecular formula is C18H28F3IN4O3. The van der Waals surface area contributed by atoms with Crippen molar-refractivity contribution in [2.24, 2.45) is 4.99 Å². The number of halogens is 4. The minimum absolute atomic E-state index is 0. The highest BCUT2D eigenvalue weighted by Gasteiger charge is 2.28. The number of hydrogen-bond acceptors (Lipinski definition) is 5. The van der Waals surface area contributed by atoms with Crippen LogP contribution in [0.15, 0.2) is 23.3 Å². The molecule has 0 aliphatic carbocycles. The van der Waals surface area contributed by atoms with E-state index < -0.39 is 12.8 Å². The van der Waals surface area contributed by atoms with Crippen LogP contribution >= 0.6 is 24.0 Å². The molecule has 1 aromatic heterocycles. The third kappa shape index (κ3) is 11.4. The second kappa shape index (κ2) is 13.8. The van der Waals surface area contributed by atoms with Crippen LogP contribution in [0.1, 0.15) is 24.8 Å². The lowest BCUT2D eigenvalue weighted by Gasteiger charge is -2.13. The third-order valence-electron chi connectivity index (χ3n) is 3.95. The first kappa shape index (κ1) is 25.7. The fraction of sp³-hybridized carbons (Fsp3) is 0.667. The van der Waals surface area contributed by atoms with Gasteiger partial charge >= 0.3 is 6.18 Å². The average Bonchev–Trinajstić information content (AvgIpc) is 3.18. The van der Waals surface area contributed by atoms with Gasteiger partial charge in [-0.3, -0.25) is 4.99 Å². The minimum atomic E-state index is -4.39. The third-order valence-corrected chi connectivity index (χ3v) is 3.95. The van der Waals surface area contributed by atoms with Gasteiger partial charge in [-0.15, -0.1) is 24.0 Å². The maximum Gasteiger partial charge on any atom is 0.422 e. The zero-order valence-electron chi connectivity index (χ0n) is 16.3. The number of hydrogen-bond donors (Lipinski definition) is 2. The summed E-state index contributed by atoms with van der Waals surface area (Å²) in [5.41, 5.74) is 0.732. The highest BCUT2D eigenvalue weighted by Crippen LogP contribution is 2.17. The average molecular weight is 532 g/mol. The summed E-state index contributed by atoms with van der Waals surface area (Å²) in [6, 6.07) is 3.16. The predicted octanol–water partition coefficient (Wildman–Crippen LogP) is 2.89. The molecule has 1 aliphatic heterocycles. The van der Waals surface area contributed by atoms with Gasteiger partial charge in [-0.1, -0.05) is 0 Å². The van der Waals surface area contributed by atoms with Crippen LogP contribution in [0.5, 0.6) is 5.88 Å². The molecule has 1 unspecified atom stereocenters. The van der Waals surface area contributed by atoms with E-state index in [0.29, 0.717) is 32.3 Å². The molecule has 0 radical (unpaired) electrons. The molecule has 1 aliphatic rings. The number of alkyl halides is 3. The summed E-state index contributed by atoms with van der Waals surface area (Å²) < 4.78 is 52.4. The molecule has 166 valence electrons. The lowest BCUT2D eigenvalue weighted by molar-refractivity contribution is -0.154. The van der Waals surface area contributed by atoms with Gasteiger partial charge in [0.25, 0.3) is 0 Å². The van der Waals surface area contributed by atoms with E-state index in [0.717, 1.165) is 31.4 Å². The Morgan fingerprint density at radius 2 is 2.21 bits per heavy atom. The van der Waals surface area contributed by atoms with E-state index in [1.165, 1.54) is 12.3 Å². The molecule has 0 spiro atoms. The number of guanidine groups is 1. The largest absolute Gasteiger partial charge is 0.468 e. The Bertz CT molecular complexity index is 614. The van der Waals surface area contributed by atoms with Gasteiger partial charge in [0.05, 0.1) is 12.7 Å². The van der Waals surface area contributed by atoms with Gasteiger partial charge in [0.1, 0.15) is 0 Å². The zero-order valence-corrected chi connectivity index (χ0v) is 18.7. The maximum absolute atomic E-state index is 12.2. The van der Waals surface area contributed by atoms with Gasteiger partial charge in [0.15, 0.2) is 12.6 Å². The number of aliphatic imine (C=N–C) groups is 1. The van der Waals surface area contributed by atoms with E-state index in [9.17, 15) is 13.2 Å². The van der Waals surface area contributed by atoms with Crippen LogP contribution in [0.3, 0.4) is 0 Å². The molecule has 1 saturated heterocycles. The SMILES string of the molecule is CN=C(NCCCOCC1CCCO1)NCc1ccnc(OCC(F)(F)F)c1.I. The van der Waals surface area contributed by atoms with E-state index in [1.54, 1.807) is 13.1 Å². The molecule has 1 aromatic rings. The number of ether oxygens (including phenoxy) is 3. The van der Waals surface area contributed by atoms with E-state index in [1.807, 2.05) is 0 Å². The molecule has 2 rings (SSSR count). The summed E-state index contributed by atoms with van der Waals surface area (Å²) in [6.07, 6.45) is 0.225. The number of nitrogens with one attached hydrogen (secondary N) is 2. The van der Waals surface area contributed by atoms with Gasteiger partial charge in [-0.05, 0) is 30.9 Å². The lowest BCUT2D eigenvalue weighted by Crippen LogP contribution is -2.37. The van der Waals surface area contributed by atoms with Crippen LogP contribution < -0.4 is 15.4 Å². The predicted molar refractivity (Wildman–Crippen MR) is 114 cm³/mol. The number of rotatable bonds is 10. The summed E-state index contributed by atoms with van der Waals surface area (Å²) >= 11 is 0. The fourth-order valence-corrected chi connectivity index (χ4v) is 2.57. The second-order valence-electron chi connectivity index (χ2n) is 6.32. The number of pyridine rings is 1. The molecule has 2 N–H and O–H groups in total. The summed E-state index contributed by atoms with van der Waals surface area (Å²) in [6.45, 7) is 1.78. The van der Waals surface area contributed by atoms with Crippen molar-refractivity contribution in [1.82, 2.24) is 15.6 Å². The quantitative estimate of drug-likeness (QED) is 0.209. The molecule has 1 atom stereocenters. The van der Waals surface area contributed by atoms with Crippen molar-refractivity contribution in [2.45, 2.75) is 38.1 Å². The highest BCUT2D eigenvalue weighted by atomic mass is 127. The van der Waals surface area contributed by atoms with Gasteiger partial charge in [-0.25, -0.2) is 4.98 Å². The Hall–Kier alpha value is -1.34. The summed E-state index contributed by atoms with van der Waals surface area (Å²) in [7, 11) is 1.65. The van der Waals surface area contributed by atoms with Gasteiger partial charge in [-0.2, -0.15) is 13.2 Å². The smallest absolute Gasteiger partial charge is 0.422 e. The van der Waals surface area contributed by atoms with E-state index >= 15 is 0 Å². The van der Waals surface area contributed by atoms with Crippen molar-refractivity contribution in [1.29, 1.82) is 0 Å². The Morgan fingerprint density at radius 1 is 1.38 bits per heavy atom. The standard InChI is InChI=1S/C18H27F3N4O3.HI/c1-22-17(24-6-3-8-26-12-15-4-2-9-27-15)25-11-14-5-7-23-16(10-14)28-13-18(19,20)21;/h5,7,10,15H,2-4,6,8-9,11-13H2,1H3,(H2,22,24,25);1H. The Balaban J connectivity index is 0.00000420. The van der Waals surface area contributed by atoms with Crippen molar-refractivity contribution in [2.75, 3.05) is 40.0 Å². The van der Waals surface area contributed by atoms with Crippen molar-refractivity contribution in [3.63, 3.8) is 0 Å². The second-order valence-corrected chi connectivity index (χ2v) is 6.32. The topological polar surface area (TPSA) is 77.0 Å². The maximum atomic E-state index is 12.2. The fourth-order valence-electron chi connectivity index (χ4n) is 2.57. The lowest BCUT2D eigenvalue weighted by atomic mass is 10.2. The Morgan fingerprint density at radius 3 is 2.90 bits per heavy atom. The van der Waals surface area contributed by atoms with Crippen LogP contribution in [0.25, 0.3) is 0 Å². The molecular weight excluding hydrogens is 504 g/mol. The molecule has 0 aromatic carbocycles. The molecule has 29 heavy (non-hydrogen) atoms. The first-order valence-electron chi connectivity index (χ1n) is 9.24. The first-order chi connectivity index (χ1) is 13.5. The van der Waals surface area contributed by atoms with Crippen molar-refractivity contribution in [3.05, 3.63) is 23.9 Å². The van der Waals surface area contributed by atoms with Crippen LogP contribution in [0.2, 0.25) is 0 Å². The first-order valence-corrected chi connectivity index (χ1v) is 9.24. The number of aromatic nitrogens is 1. The van der Waals surface area contributed by atoms with Crippen LogP contribution in [0, 0.1) is 0 Å². The molecule has 1 fully saturated rings. The van der Waals surface area contributed by atoms with Crippen molar-refractivity contribution < 1.29 is 27.4 Å². The van der Waals surface area contributed by atoms with Crippen LogP contribution in [0.4, 0.5) is 13.2 Å². The molecule has 11 heteroatoms. The van der Waals surface area contributed by atoms with Crippen LogP contribution in [-0.2, 0) is 16.0 Å². The molecule has 0 amide bonds. The number of nitrogens with zero attached hydrogens (tertiary/aromatic N) is 2. The normalized spacial score (nSPS) is 17.0. The summed E-state index contributed by atoms with van der Waals surface area (Å²) in [5.74, 6) is 0.525. The molecule has 0 bridgehead atoms. The molecule has 2 heterocycles. The Kier molecular flexibility index (Phi) is 12.2. The summed E-state index contributed by atoms with van der Waals surface area (Å²) in [4.78, 5) is 7.89. The monoisotopic (exact) mass is 532 g/mol.